The Kier molecular flexibility index (Phi) is 10.6. The molecule has 1 rings (SSSR count). The van der Waals surface area contributed by atoms with E-state index in [1.807, 2.05) is 24.3 Å². The van der Waals surface area contributed by atoms with Crippen LogP contribution in [0.4, 0.5) is 4.39 Å². The Hall–Kier alpha value is -1.96. The van der Waals surface area contributed by atoms with Crippen molar-refractivity contribution in [2.75, 3.05) is 0 Å². The first-order chi connectivity index (χ1) is 12.8. The number of hydrogen-bond acceptors (Lipinski definition) is 1. The van der Waals surface area contributed by atoms with Gasteiger partial charge in [-0.05, 0) is 68.6 Å². The van der Waals surface area contributed by atoms with E-state index in [1.165, 1.54) is 5.56 Å². The van der Waals surface area contributed by atoms with E-state index in [2.05, 4.69) is 45.6 Å². The predicted molar refractivity (Wildman–Crippen MR) is 115 cm³/mol. The van der Waals surface area contributed by atoms with E-state index in [4.69, 9.17) is 0 Å². The zero-order valence-electron chi connectivity index (χ0n) is 17.4. The van der Waals surface area contributed by atoms with Crippen LogP contribution in [0.15, 0.2) is 49.1 Å². The average molecular weight is 371 g/mol. The molecule has 0 heterocycles. The molecule has 0 fully saturated rings. The van der Waals surface area contributed by atoms with Crippen molar-refractivity contribution in [3.63, 3.8) is 0 Å². The lowest BCUT2D eigenvalue weighted by Crippen LogP contribution is -2.08. The van der Waals surface area contributed by atoms with Crippen LogP contribution in [0.2, 0.25) is 0 Å². The number of ketones is 1. The second-order valence-electron chi connectivity index (χ2n) is 7.83. The molecular weight excluding hydrogens is 335 g/mol. The molecule has 0 aliphatic heterocycles. The summed E-state index contributed by atoms with van der Waals surface area (Å²) in [6.07, 6.45) is 14.4. The van der Waals surface area contributed by atoms with Gasteiger partial charge in [0.2, 0.25) is 0 Å². The minimum atomic E-state index is -0.164. The smallest absolute Gasteiger partial charge is 0.133 e. The molecule has 0 amide bonds. The molecule has 27 heavy (non-hydrogen) atoms. The summed E-state index contributed by atoms with van der Waals surface area (Å²) in [7, 11) is 0. The Morgan fingerprint density at radius 2 is 1.85 bits per heavy atom. The summed E-state index contributed by atoms with van der Waals surface area (Å²) in [5.41, 5.74) is 1.84. The topological polar surface area (TPSA) is 17.1 Å². The molecule has 1 aromatic carbocycles. The maximum Gasteiger partial charge on any atom is 0.133 e. The van der Waals surface area contributed by atoms with Crippen molar-refractivity contribution in [2.45, 2.75) is 65.7 Å². The fourth-order valence-electron chi connectivity index (χ4n) is 2.98. The van der Waals surface area contributed by atoms with Gasteiger partial charge in [-0.15, -0.1) is 6.58 Å². The Labute approximate surface area is 165 Å². The van der Waals surface area contributed by atoms with E-state index in [9.17, 15) is 9.18 Å². The average Bonchev–Trinajstić information content (AvgIpc) is 2.61. The van der Waals surface area contributed by atoms with Crippen LogP contribution in [0, 0.1) is 17.7 Å². The first kappa shape index (κ1) is 23.1. The highest BCUT2D eigenvalue weighted by Crippen LogP contribution is 2.24. The molecule has 0 saturated carbocycles. The summed E-state index contributed by atoms with van der Waals surface area (Å²) in [6.45, 7) is 11.9. The van der Waals surface area contributed by atoms with Crippen LogP contribution in [0.25, 0.3) is 6.08 Å². The van der Waals surface area contributed by atoms with E-state index < -0.39 is 0 Å². The molecule has 0 aromatic heterocycles. The Morgan fingerprint density at radius 3 is 2.48 bits per heavy atom. The van der Waals surface area contributed by atoms with Gasteiger partial charge < -0.3 is 0 Å². The Bertz CT molecular complexity index is 654. The molecule has 0 spiro atoms. The molecule has 2 atom stereocenters. The molecule has 0 radical (unpaired) electrons. The lowest BCUT2D eigenvalue weighted by molar-refractivity contribution is -0.120. The van der Waals surface area contributed by atoms with E-state index in [0.29, 0.717) is 17.4 Å². The predicted octanol–water partition coefficient (Wildman–Crippen LogP) is 7.50. The third-order valence-electron chi connectivity index (χ3n) is 4.87. The van der Waals surface area contributed by atoms with Gasteiger partial charge in [0.05, 0.1) is 0 Å². The third-order valence-corrected chi connectivity index (χ3v) is 4.87. The molecule has 2 heteroatoms. The summed E-state index contributed by atoms with van der Waals surface area (Å²) < 4.78 is 14.0. The van der Waals surface area contributed by atoms with E-state index in [-0.39, 0.29) is 17.5 Å². The van der Waals surface area contributed by atoms with Crippen LogP contribution in [-0.2, 0) is 4.79 Å². The maximum atomic E-state index is 14.0. The molecule has 1 aromatic rings. The monoisotopic (exact) mass is 370 g/mol. The van der Waals surface area contributed by atoms with Gasteiger partial charge in [0.25, 0.3) is 0 Å². The maximum absolute atomic E-state index is 14.0. The zero-order chi connectivity index (χ0) is 20.2. The molecule has 0 N–H and O–H groups in total. The van der Waals surface area contributed by atoms with Crippen molar-refractivity contribution in [1.82, 2.24) is 0 Å². The quantitative estimate of drug-likeness (QED) is 0.348. The van der Waals surface area contributed by atoms with Crippen LogP contribution >= 0.6 is 0 Å². The normalized spacial score (nSPS) is 14.1. The lowest BCUT2D eigenvalue weighted by atomic mass is 9.93. The van der Waals surface area contributed by atoms with Crippen LogP contribution < -0.4 is 0 Å². The molecule has 1 nitrogen and oxygen atoms in total. The third kappa shape index (κ3) is 8.99. The fraction of sp³-hybridized carbons (Fsp3) is 0.480. The minimum absolute atomic E-state index is 0.0495. The van der Waals surface area contributed by atoms with Crippen molar-refractivity contribution in [1.29, 1.82) is 0 Å². The molecule has 148 valence electrons. The highest BCUT2D eigenvalue weighted by molar-refractivity contribution is 5.78. The van der Waals surface area contributed by atoms with Crippen molar-refractivity contribution >= 4 is 11.9 Å². The van der Waals surface area contributed by atoms with Crippen molar-refractivity contribution in [2.24, 2.45) is 11.8 Å². The van der Waals surface area contributed by atoms with Gasteiger partial charge in [0, 0.05) is 11.5 Å². The highest BCUT2D eigenvalue weighted by Gasteiger charge is 2.10. The zero-order valence-corrected chi connectivity index (χ0v) is 17.4. The van der Waals surface area contributed by atoms with Crippen LogP contribution in [-0.4, -0.2) is 5.78 Å². The number of hydrogen-bond donors (Lipinski definition) is 0. The van der Waals surface area contributed by atoms with Gasteiger partial charge in [-0.2, -0.15) is 0 Å². The van der Waals surface area contributed by atoms with Crippen LogP contribution in [0.5, 0.6) is 0 Å². The van der Waals surface area contributed by atoms with Crippen LogP contribution in [0.3, 0.4) is 0 Å². The number of carbonyl (C=O) groups is 1. The number of benzene rings is 1. The summed E-state index contributed by atoms with van der Waals surface area (Å²) >= 11 is 0. The number of allylic oxidation sites excluding steroid dienone is 4. The number of rotatable bonds is 12. The lowest BCUT2D eigenvalue weighted by Gasteiger charge is -2.12. The Balaban J connectivity index is 2.58. The first-order valence-corrected chi connectivity index (χ1v) is 10.1. The van der Waals surface area contributed by atoms with E-state index in [1.54, 1.807) is 13.0 Å². The largest absolute Gasteiger partial charge is 0.300 e. The fourth-order valence-corrected chi connectivity index (χ4v) is 2.98. The highest BCUT2D eigenvalue weighted by atomic mass is 19.1. The number of carbonyl (C=O) groups excluding carboxylic acids is 1. The summed E-state index contributed by atoms with van der Waals surface area (Å²) in [6, 6.07) is 5.43. The van der Waals surface area contributed by atoms with Gasteiger partial charge in [0.15, 0.2) is 0 Å². The summed E-state index contributed by atoms with van der Waals surface area (Å²) in [4.78, 5) is 11.5. The second-order valence-corrected chi connectivity index (χ2v) is 7.83. The summed E-state index contributed by atoms with van der Waals surface area (Å²) in [5, 5.41) is 0. The molecule has 2 unspecified atom stereocenters. The van der Waals surface area contributed by atoms with Gasteiger partial charge in [-0.3, -0.25) is 4.79 Å². The molecule has 0 aliphatic carbocycles. The van der Waals surface area contributed by atoms with E-state index in [0.717, 1.165) is 32.1 Å². The summed E-state index contributed by atoms with van der Waals surface area (Å²) in [5.74, 6) is 1.05. The van der Waals surface area contributed by atoms with Gasteiger partial charge in [0.1, 0.15) is 11.6 Å². The molecule has 0 saturated heterocycles. The molecular formula is C25H35FO. The van der Waals surface area contributed by atoms with Gasteiger partial charge in [-0.1, -0.05) is 57.2 Å². The van der Waals surface area contributed by atoms with E-state index >= 15 is 0 Å². The van der Waals surface area contributed by atoms with Crippen molar-refractivity contribution in [3.05, 3.63) is 66.0 Å². The Morgan fingerprint density at radius 1 is 1.11 bits per heavy atom. The number of halogens is 1. The van der Waals surface area contributed by atoms with Gasteiger partial charge in [-0.25, -0.2) is 4.39 Å². The SMILES string of the molecule is C=CCC(C/C=C/CCC(C)c1ccc(F)c(/C=C\CC(C)C)c1)C(C)=O. The standard InChI is InChI=1S/C25H35FO/c1-6-11-22(21(5)27)14-9-7-8-13-20(4)23-16-17-25(26)24(18-23)15-10-12-19(2)3/h6-7,9-10,15-20,22H,1,8,11-14H2,2-5H3/b9-7+,15-10-. The van der Waals surface area contributed by atoms with Gasteiger partial charge >= 0.3 is 0 Å². The van der Waals surface area contributed by atoms with Crippen LogP contribution in [0.1, 0.15) is 76.8 Å². The van der Waals surface area contributed by atoms with Crippen molar-refractivity contribution in [3.8, 4) is 0 Å². The minimum Gasteiger partial charge on any atom is -0.300 e. The second kappa shape index (κ2) is 12.4. The van der Waals surface area contributed by atoms with Crippen molar-refractivity contribution < 1.29 is 9.18 Å². The number of Topliss-reactive ketones (excluding diaryl/α,β-unsaturated/α-hetero) is 1. The molecule has 0 bridgehead atoms. The molecule has 0 aliphatic rings. The first-order valence-electron chi connectivity index (χ1n) is 10.1.